The zero-order valence-electron chi connectivity index (χ0n) is 15.9. The molecule has 1 aromatic rings. The van der Waals surface area contributed by atoms with Gasteiger partial charge in [-0.1, -0.05) is 19.9 Å². The van der Waals surface area contributed by atoms with Gasteiger partial charge in [0, 0.05) is 12.5 Å². The predicted molar refractivity (Wildman–Crippen MR) is 97.6 cm³/mol. The van der Waals surface area contributed by atoms with Crippen molar-refractivity contribution >= 4 is 23.5 Å². The Balaban J connectivity index is 2.40. The smallest absolute Gasteiger partial charge is 0.331 e. The minimum atomic E-state index is -1.19. The van der Waals surface area contributed by atoms with Gasteiger partial charge in [0.1, 0.15) is 12.6 Å². The van der Waals surface area contributed by atoms with Gasteiger partial charge in [-0.3, -0.25) is 19.7 Å². The van der Waals surface area contributed by atoms with E-state index in [9.17, 15) is 24.5 Å². The van der Waals surface area contributed by atoms with E-state index < -0.39 is 28.9 Å². The minimum Gasteiger partial charge on any atom is -0.484 e. The van der Waals surface area contributed by atoms with Gasteiger partial charge in [0.05, 0.1) is 12.0 Å². The van der Waals surface area contributed by atoms with Gasteiger partial charge in [0.25, 0.3) is 0 Å². The maximum absolute atomic E-state index is 12.6. The summed E-state index contributed by atoms with van der Waals surface area (Å²) in [6.45, 7) is 3.17. The lowest BCUT2D eigenvalue weighted by Crippen LogP contribution is -2.55. The van der Waals surface area contributed by atoms with E-state index >= 15 is 0 Å². The molecule has 0 aromatic heterocycles. The molecule has 10 nitrogen and oxygen atoms in total. The van der Waals surface area contributed by atoms with Gasteiger partial charge in [-0.15, -0.1) is 0 Å². The normalized spacial score (nSPS) is 20.6. The Labute approximate surface area is 161 Å². The van der Waals surface area contributed by atoms with Crippen LogP contribution in [-0.2, 0) is 25.5 Å². The molecule has 1 aromatic carbocycles. The molecule has 1 heterocycles. The maximum Gasteiger partial charge on any atom is 0.331 e. The number of hydrogen-bond acceptors (Lipinski definition) is 7. The van der Waals surface area contributed by atoms with Crippen LogP contribution < -0.4 is 15.4 Å². The molecule has 2 atom stereocenters. The number of rotatable bonds is 3. The number of fused-ring (bicyclic) bond motifs is 2. The van der Waals surface area contributed by atoms with Crippen molar-refractivity contribution < 1.29 is 28.8 Å². The summed E-state index contributed by atoms with van der Waals surface area (Å²) in [5.74, 6) is -1.96. The zero-order chi connectivity index (χ0) is 20.8. The van der Waals surface area contributed by atoms with Crippen molar-refractivity contribution in [1.82, 2.24) is 10.6 Å². The summed E-state index contributed by atoms with van der Waals surface area (Å²) < 4.78 is 10.2. The average Bonchev–Trinajstić information content (AvgIpc) is 2.66. The second-order valence-corrected chi connectivity index (χ2v) is 6.74. The Morgan fingerprint density at radius 1 is 1.29 bits per heavy atom. The molecular weight excluding hydrogens is 370 g/mol. The van der Waals surface area contributed by atoms with Crippen molar-refractivity contribution in [2.75, 3.05) is 13.7 Å². The first kappa shape index (κ1) is 21.1. The van der Waals surface area contributed by atoms with E-state index in [2.05, 4.69) is 15.4 Å². The molecule has 2 amide bonds. The van der Waals surface area contributed by atoms with Crippen LogP contribution >= 0.6 is 0 Å². The molecule has 0 saturated carbocycles. The minimum absolute atomic E-state index is 0.0503. The van der Waals surface area contributed by atoms with Crippen LogP contribution in [-0.4, -0.2) is 48.5 Å². The van der Waals surface area contributed by atoms with Crippen molar-refractivity contribution in [2.45, 2.75) is 38.8 Å². The first-order valence-corrected chi connectivity index (χ1v) is 8.80. The van der Waals surface area contributed by atoms with Crippen LogP contribution in [0.3, 0.4) is 0 Å². The molecule has 28 heavy (non-hydrogen) atoms. The molecule has 1 aliphatic heterocycles. The molecule has 0 spiro atoms. The number of carbonyl (C=O) groups excluding carboxylic acids is 3. The number of nitrogens with one attached hydrogen (secondary N) is 2. The zero-order valence-corrected chi connectivity index (χ0v) is 15.9. The molecule has 2 rings (SSSR count). The molecule has 2 bridgehead atoms. The number of esters is 1. The molecular formula is C18H23N3O7. The second kappa shape index (κ2) is 9.16. The van der Waals surface area contributed by atoms with E-state index in [1.807, 2.05) is 0 Å². The average molecular weight is 393 g/mol. The molecule has 10 heteroatoms. The summed E-state index contributed by atoms with van der Waals surface area (Å²) in [7, 11) is 1.15. The third-order valence-electron chi connectivity index (χ3n) is 4.33. The summed E-state index contributed by atoms with van der Waals surface area (Å²) in [6.07, 6.45) is 0.404. The number of nitrogens with zero attached hydrogens (tertiary/aromatic N) is 1. The molecule has 0 radical (unpaired) electrons. The lowest BCUT2D eigenvalue weighted by Gasteiger charge is -2.24. The summed E-state index contributed by atoms with van der Waals surface area (Å²) in [5, 5.41) is 16.4. The number of benzene rings is 1. The van der Waals surface area contributed by atoms with Gasteiger partial charge in [-0.25, -0.2) is 4.79 Å². The molecule has 152 valence electrons. The molecule has 2 N–H and O–H groups in total. The number of ether oxygens (including phenoxy) is 2. The topological polar surface area (TPSA) is 137 Å². The largest absolute Gasteiger partial charge is 0.484 e. The fourth-order valence-corrected chi connectivity index (χ4v) is 2.76. The van der Waals surface area contributed by atoms with Crippen molar-refractivity contribution in [3.63, 3.8) is 0 Å². The van der Waals surface area contributed by atoms with Crippen LogP contribution in [0.5, 0.6) is 5.75 Å². The number of aryl methyl sites for hydroxylation is 1. The van der Waals surface area contributed by atoms with Gasteiger partial charge < -0.3 is 20.1 Å². The van der Waals surface area contributed by atoms with Crippen molar-refractivity contribution in [3.05, 3.63) is 33.9 Å². The van der Waals surface area contributed by atoms with Crippen LogP contribution in [0, 0.1) is 16.0 Å². The number of nitro groups is 1. The number of carbonyl (C=O) groups is 3. The highest BCUT2D eigenvalue weighted by atomic mass is 16.6. The quantitative estimate of drug-likeness (QED) is 0.438. The lowest BCUT2D eigenvalue weighted by molar-refractivity contribution is -0.385. The van der Waals surface area contributed by atoms with Gasteiger partial charge in [0.2, 0.25) is 11.8 Å². The monoisotopic (exact) mass is 393 g/mol. The molecule has 0 aliphatic carbocycles. The van der Waals surface area contributed by atoms with Gasteiger partial charge in [0.15, 0.2) is 11.8 Å². The maximum atomic E-state index is 12.6. The Morgan fingerprint density at radius 3 is 2.61 bits per heavy atom. The number of amides is 2. The highest BCUT2D eigenvalue weighted by Gasteiger charge is 2.30. The van der Waals surface area contributed by atoms with Gasteiger partial charge >= 0.3 is 11.7 Å². The van der Waals surface area contributed by atoms with Crippen LogP contribution in [0.25, 0.3) is 0 Å². The van der Waals surface area contributed by atoms with Crippen molar-refractivity contribution in [2.24, 2.45) is 5.92 Å². The summed E-state index contributed by atoms with van der Waals surface area (Å²) in [5.41, 5.74) is 0.378. The Bertz CT molecular complexity index is 778. The van der Waals surface area contributed by atoms with Crippen molar-refractivity contribution in [1.29, 1.82) is 0 Å². The van der Waals surface area contributed by atoms with Crippen LogP contribution in [0.15, 0.2) is 18.2 Å². The van der Waals surface area contributed by atoms with Crippen molar-refractivity contribution in [3.8, 4) is 5.75 Å². The Morgan fingerprint density at radius 2 is 2.00 bits per heavy atom. The second-order valence-electron chi connectivity index (χ2n) is 6.74. The fourth-order valence-electron chi connectivity index (χ4n) is 2.76. The lowest BCUT2D eigenvalue weighted by atomic mass is 10.0. The van der Waals surface area contributed by atoms with Crippen LogP contribution in [0.2, 0.25) is 0 Å². The first-order valence-electron chi connectivity index (χ1n) is 8.80. The third kappa shape index (κ3) is 5.18. The van der Waals surface area contributed by atoms with Crippen LogP contribution in [0.1, 0.15) is 25.8 Å². The van der Waals surface area contributed by atoms with E-state index in [0.29, 0.717) is 12.0 Å². The van der Waals surface area contributed by atoms with Gasteiger partial charge in [-0.05, 0) is 24.0 Å². The van der Waals surface area contributed by atoms with E-state index in [0.717, 1.165) is 7.11 Å². The number of hydrogen-bond donors (Lipinski definition) is 2. The fraction of sp³-hybridized carbons (Fsp3) is 0.500. The van der Waals surface area contributed by atoms with E-state index in [1.54, 1.807) is 19.9 Å². The first-order chi connectivity index (χ1) is 13.2. The van der Waals surface area contributed by atoms with E-state index in [1.165, 1.54) is 12.1 Å². The Hall–Kier alpha value is -3.17. The summed E-state index contributed by atoms with van der Waals surface area (Å²) in [4.78, 5) is 47.5. The standard InChI is InChI=1S/C18H23N3O7/c1-10(2)16-17(23)19-12(18(24)27-3)9-28-14-8-11(5-7-15(22)20-16)4-6-13(14)21(25)26/h4,6,8,10,12,16H,5,7,9H2,1-3H3,(H,19,23)(H,20,22)/t12-,16-/m0/s1. The summed E-state index contributed by atoms with van der Waals surface area (Å²) >= 11 is 0. The highest BCUT2D eigenvalue weighted by Crippen LogP contribution is 2.29. The molecule has 0 saturated heterocycles. The number of nitro benzene ring substituents is 1. The SMILES string of the molecule is COC(=O)[C@@H]1COc2cc(ccc2[N+](=O)[O-])CCC(=O)N[C@@H](C(C)C)C(=O)N1. The molecule has 0 fully saturated rings. The summed E-state index contributed by atoms with van der Waals surface area (Å²) in [6, 6.07) is 2.24. The van der Waals surface area contributed by atoms with E-state index in [-0.39, 0.29) is 36.3 Å². The Kier molecular flexibility index (Phi) is 6.91. The highest BCUT2D eigenvalue weighted by molar-refractivity contribution is 5.91. The van der Waals surface area contributed by atoms with Crippen LogP contribution in [0.4, 0.5) is 5.69 Å². The third-order valence-corrected chi connectivity index (χ3v) is 4.33. The molecule has 0 unspecified atom stereocenters. The van der Waals surface area contributed by atoms with E-state index in [4.69, 9.17) is 4.74 Å². The predicted octanol–water partition coefficient (Wildman–Crippen LogP) is 0.718. The van der Waals surface area contributed by atoms with Gasteiger partial charge in [-0.2, -0.15) is 0 Å². The number of methoxy groups -OCH3 is 1. The molecule has 1 aliphatic rings.